The molecule has 0 unspecified atom stereocenters. The van der Waals surface area contributed by atoms with Crippen LogP contribution >= 0.6 is 0 Å². The zero-order valence-electron chi connectivity index (χ0n) is 13.8. The molecule has 0 N–H and O–H groups in total. The lowest BCUT2D eigenvalue weighted by Crippen LogP contribution is -2.21. The van der Waals surface area contributed by atoms with Gasteiger partial charge in [-0.1, -0.05) is 47.6 Å². The predicted octanol–water partition coefficient (Wildman–Crippen LogP) is 4.45. The van der Waals surface area contributed by atoms with Crippen molar-refractivity contribution in [1.82, 2.24) is 9.97 Å². The fraction of sp³-hybridized carbons (Fsp3) is 0.500. The molecule has 2 aromatic rings. The van der Waals surface area contributed by atoms with Gasteiger partial charge < -0.3 is 0 Å². The SMILES string of the molecule is CC(C)(C)Cc1ccc2nc(C(=O)C(C)(C)C)cnc2c1. The van der Waals surface area contributed by atoms with Crippen molar-refractivity contribution in [2.45, 2.75) is 48.0 Å². The van der Waals surface area contributed by atoms with Crippen molar-refractivity contribution in [3.05, 3.63) is 35.7 Å². The molecule has 0 spiro atoms. The predicted molar refractivity (Wildman–Crippen MR) is 86.5 cm³/mol. The number of benzene rings is 1. The highest BCUT2D eigenvalue weighted by Gasteiger charge is 2.24. The molecule has 1 aromatic heterocycles. The van der Waals surface area contributed by atoms with Gasteiger partial charge in [0, 0.05) is 5.41 Å². The van der Waals surface area contributed by atoms with Crippen molar-refractivity contribution in [1.29, 1.82) is 0 Å². The minimum atomic E-state index is -0.436. The second kappa shape index (κ2) is 5.21. The Labute approximate surface area is 126 Å². The molecule has 0 aliphatic carbocycles. The first-order valence-corrected chi connectivity index (χ1v) is 7.37. The molecule has 0 saturated carbocycles. The third-order valence-corrected chi connectivity index (χ3v) is 3.25. The Kier molecular flexibility index (Phi) is 3.87. The average molecular weight is 284 g/mol. The van der Waals surface area contributed by atoms with Crippen LogP contribution in [-0.2, 0) is 6.42 Å². The number of aromatic nitrogens is 2. The number of rotatable bonds is 2. The molecular formula is C18H24N2O. The standard InChI is InChI=1S/C18H24N2O/c1-17(2,3)10-12-7-8-13-14(9-12)19-11-15(20-13)16(21)18(4,5)6/h7-9,11H,10H2,1-6H3. The van der Waals surface area contributed by atoms with Crippen LogP contribution in [0.3, 0.4) is 0 Å². The molecule has 0 atom stereocenters. The molecule has 1 aromatic carbocycles. The lowest BCUT2D eigenvalue weighted by atomic mass is 9.88. The van der Waals surface area contributed by atoms with E-state index in [1.54, 1.807) is 6.20 Å². The number of carbonyl (C=O) groups is 1. The fourth-order valence-corrected chi connectivity index (χ4v) is 2.27. The van der Waals surface area contributed by atoms with Crippen molar-refractivity contribution in [3.63, 3.8) is 0 Å². The lowest BCUT2D eigenvalue weighted by Gasteiger charge is -2.18. The summed E-state index contributed by atoms with van der Waals surface area (Å²) in [6, 6.07) is 6.11. The molecule has 112 valence electrons. The van der Waals surface area contributed by atoms with Crippen molar-refractivity contribution < 1.29 is 4.79 Å². The van der Waals surface area contributed by atoms with Gasteiger partial charge in [0.1, 0.15) is 5.69 Å². The van der Waals surface area contributed by atoms with Crippen molar-refractivity contribution in [2.75, 3.05) is 0 Å². The molecule has 3 nitrogen and oxygen atoms in total. The summed E-state index contributed by atoms with van der Waals surface area (Å²) in [5, 5.41) is 0. The number of hydrogen-bond donors (Lipinski definition) is 0. The number of nitrogens with zero attached hydrogens (tertiary/aromatic N) is 2. The summed E-state index contributed by atoms with van der Waals surface area (Å²) in [6.45, 7) is 12.3. The van der Waals surface area contributed by atoms with Crippen LogP contribution in [0.2, 0.25) is 0 Å². The van der Waals surface area contributed by atoms with Crippen molar-refractivity contribution >= 4 is 16.8 Å². The zero-order chi connectivity index (χ0) is 15.8. The minimum Gasteiger partial charge on any atom is -0.292 e. The topological polar surface area (TPSA) is 42.9 Å². The Hall–Kier alpha value is -1.77. The van der Waals surface area contributed by atoms with Gasteiger partial charge in [0.05, 0.1) is 17.2 Å². The Morgan fingerprint density at radius 2 is 1.71 bits per heavy atom. The van der Waals surface area contributed by atoms with E-state index in [1.165, 1.54) is 5.56 Å². The van der Waals surface area contributed by atoms with Gasteiger partial charge >= 0.3 is 0 Å². The van der Waals surface area contributed by atoms with Crippen LogP contribution in [0, 0.1) is 10.8 Å². The van der Waals surface area contributed by atoms with Crippen molar-refractivity contribution in [2.24, 2.45) is 10.8 Å². The first kappa shape index (κ1) is 15.6. The van der Waals surface area contributed by atoms with Crippen LogP contribution in [0.5, 0.6) is 0 Å². The van der Waals surface area contributed by atoms with E-state index in [1.807, 2.05) is 26.8 Å². The Morgan fingerprint density at radius 1 is 1.05 bits per heavy atom. The van der Waals surface area contributed by atoms with E-state index in [0.29, 0.717) is 5.69 Å². The van der Waals surface area contributed by atoms with E-state index in [9.17, 15) is 4.79 Å². The van der Waals surface area contributed by atoms with Crippen LogP contribution < -0.4 is 0 Å². The Balaban J connectivity index is 2.38. The Bertz CT molecular complexity index is 676. The first-order valence-electron chi connectivity index (χ1n) is 7.37. The van der Waals surface area contributed by atoms with Gasteiger partial charge in [-0.2, -0.15) is 0 Å². The van der Waals surface area contributed by atoms with Gasteiger partial charge in [-0.15, -0.1) is 0 Å². The molecule has 0 amide bonds. The normalized spacial score (nSPS) is 12.7. The van der Waals surface area contributed by atoms with Crippen LogP contribution in [0.4, 0.5) is 0 Å². The van der Waals surface area contributed by atoms with E-state index < -0.39 is 5.41 Å². The van der Waals surface area contributed by atoms with Crippen LogP contribution in [0.1, 0.15) is 57.6 Å². The van der Waals surface area contributed by atoms with Gasteiger partial charge in [0.2, 0.25) is 0 Å². The molecule has 21 heavy (non-hydrogen) atoms. The van der Waals surface area contributed by atoms with Gasteiger partial charge in [-0.05, 0) is 29.5 Å². The third-order valence-electron chi connectivity index (χ3n) is 3.25. The molecular weight excluding hydrogens is 260 g/mol. The molecule has 1 heterocycles. The summed E-state index contributed by atoms with van der Waals surface area (Å²) >= 11 is 0. The summed E-state index contributed by atoms with van der Waals surface area (Å²) in [5.74, 6) is 0.0238. The number of fused-ring (bicyclic) bond motifs is 1. The summed E-state index contributed by atoms with van der Waals surface area (Å²) in [7, 11) is 0. The number of hydrogen-bond acceptors (Lipinski definition) is 3. The number of Topliss-reactive ketones (excluding diaryl/α,β-unsaturated/α-hetero) is 1. The molecule has 0 fully saturated rings. The van der Waals surface area contributed by atoms with Crippen LogP contribution in [0.25, 0.3) is 11.0 Å². The van der Waals surface area contributed by atoms with E-state index in [-0.39, 0.29) is 11.2 Å². The molecule has 3 heteroatoms. The maximum absolute atomic E-state index is 12.3. The second-order valence-electron chi connectivity index (χ2n) is 7.89. The lowest BCUT2D eigenvalue weighted by molar-refractivity contribution is 0.0853. The molecule has 0 aliphatic rings. The van der Waals surface area contributed by atoms with Gasteiger partial charge in [-0.3, -0.25) is 9.78 Å². The van der Waals surface area contributed by atoms with Crippen LogP contribution in [0.15, 0.2) is 24.4 Å². The highest BCUT2D eigenvalue weighted by atomic mass is 16.1. The third kappa shape index (κ3) is 3.87. The largest absolute Gasteiger partial charge is 0.292 e. The average Bonchev–Trinajstić information content (AvgIpc) is 2.34. The molecule has 0 saturated heterocycles. The Morgan fingerprint density at radius 3 is 2.29 bits per heavy atom. The molecule has 0 bridgehead atoms. The maximum Gasteiger partial charge on any atom is 0.188 e. The molecule has 0 radical (unpaired) electrons. The quantitative estimate of drug-likeness (QED) is 0.765. The van der Waals surface area contributed by atoms with Crippen molar-refractivity contribution in [3.8, 4) is 0 Å². The minimum absolute atomic E-state index is 0.0238. The summed E-state index contributed by atoms with van der Waals surface area (Å²) < 4.78 is 0. The summed E-state index contributed by atoms with van der Waals surface area (Å²) in [6.07, 6.45) is 2.59. The van der Waals surface area contributed by atoms with Crippen LogP contribution in [-0.4, -0.2) is 15.8 Å². The van der Waals surface area contributed by atoms with E-state index in [4.69, 9.17) is 0 Å². The number of carbonyl (C=O) groups excluding carboxylic acids is 1. The van der Waals surface area contributed by atoms with E-state index in [2.05, 4.69) is 42.9 Å². The second-order valence-corrected chi connectivity index (χ2v) is 7.89. The summed E-state index contributed by atoms with van der Waals surface area (Å²) in [5.41, 5.74) is 3.13. The zero-order valence-corrected chi connectivity index (χ0v) is 13.8. The first-order chi connectivity index (χ1) is 9.56. The highest BCUT2D eigenvalue weighted by Crippen LogP contribution is 2.24. The summed E-state index contributed by atoms with van der Waals surface area (Å²) in [4.78, 5) is 21.2. The fourth-order valence-electron chi connectivity index (χ4n) is 2.27. The monoisotopic (exact) mass is 284 g/mol. The smallest absolute Gasteiger partial charge is 0.188 e. The van der Waals surface area contributed by atoms with Gasteiger partial charge in [0.15, 0.2) is 5.78 Å². The highest BCUT2D eigenvalue weighted by molar-refractivity contribution is 5.99. The maximum atomic E-state index is 12.3. The van der Waals surface area contributed by atoms with E-state index in [0.717, 1.165) is 17.5 Å². The van der Waals surface area contributed by atoms with E-state index >= 15 is 0 Å². The van der Waals surface area contributed by atoms with Gasteiger partial charge in [-0.25, -0.2) is 4.98 Å². The number of ketones is 1. The molecule has 2 rings (SSSR count). The van der Waals surface area contributed by atoms with Gasteiger partial charge in [0.25, 0.3) is 0 Å². The molecule has 0 aliphatic heterocycles.